The summed E-state index contributed by atoms with van der Waals surface area (Å²) in [5.74, 6) is 0.622. The van der Waals surface area contributed by atoms with Crippen molar-refractivity contribution >= 4 is 76.6 Å². The Kier molecular flexibility index (Phi) is 5.32. The average molecular weight is 628 g/mol. The van der Waals surface area contributed by atoms with Crippen LogP contribution in [0.15, 0.2) is 160 Å². The van der Waals surface area contributed by atoms with E-state index >= 15 is 0 Å². The summed E-state index contributed by atoms with van der Waals surface area (Å²) in [6, 6.07) is 52.4. The maximum atomic E-state index is 6.43. The van der Waals surface area contributed by atoms with Gasteiger partial charge in [-0.05, 0) is 48.0 Å². The molecule has 11 rings (SSSR count). The van der Waals surface area contributed by atoms with Crippen LogP contribution in [0.25, 0.3) is 105 Å². The van der Waals surface area contributed by atoms with E-state index in [1.165, 1.54) is 0 Å². The summed E-state index contributed by atoms with van der Waals surface area (Å²) in [5, 5.41) is 7.63. The van der Waals surface area contributed by atoms with Crippen molar-refractivity contribution in [3.8, 4) is 28.3 Å². The number of hydrogen-bond acceptors (Lipinski definition) is 4. The lowest BCUT2D eigenvalue weighted by molar-refractivity contribution is 0.669. The van der Waals surface area contributed by atoms with E-state index in [9.17, 15) is 0 Å². The summed E-state index contributed by atoms with van der Waals surface area (Å²) < 4.78 is 14.9. The molecular weight excluding hydrogens is 603 g/mol. The first-order valence-electron chi connectivity index (χ1n) is 16.4. The molecule has 5 heteroatoms. The molecule has 0 fully saturated rings. The average Bonchev–Trinajstić information content (AvgIpc) is 3.84. The molecule has 4 heterocycles. The molecule has 0 saturated carbocycles. The van der Waals surface area contributed by atoms with Gasteiger partial charge >= 0.3 is 0 Å². The Morgan fingerprint density at radius 2 is 1.08 bits per heavy atom. The summed E-state index contributed by atoms with van der Waals surface area (Å²) in [6.07, 6.45) is 0. The number of para-hydroxylation sites is 5. The van der Waals surface area contributed by atoms with E-state index in [0.29, 0.717) is 5.95 Å². The van der Waals surface area contributed by atoms with Crippen molar-refractivity contribution in [3.63, 3.8) is 0 Å². The number of nitrogens with zero attached hydrogens (tertiary/aromatic N) is 3. The first-order chi connectivity index (χ1) is 24.3. The zero-order valence-corrected chi connectivity index (χ0v) is 26.1. The SMILES string of the molecule is c1ccc2c(-c3cccc4oc5ccccc5c34)nc(-n3c4ccccc4c4cc(-c5cccc6c5oc5ccccc56)ccc43)nc2c1. The van der Waals surface area contributed by atoms with Crippen molar-refractivity contribution in [2.24, 2.45) is 0 Å². The van der Waals surface area contributed by atoms with Crippen LogP contribution in [0.2, 0.25) is 0 Å². The predicted molar refractivity (Wildman–Crippen MR) is 199 cm³/mol. The maximum Gasteiger partial charge on any atom is 0.235 e. The summed E-state index contributed by atoms with van der Waals surface area (Å²) in [4.78, 5) is 10.6. The second kappa shape index (κ2) is 9.89. The smallest absolute Gasteiger partial charge is 0.235 e. The molecule has 4 aromatic heterocycles. The Morgan fingerprint density at radius 1 is 0.429 bits per heavy atom. The molecule has 0 radical (unpaired) electrons. The molecule has 5 nitrogen and oxygen atoms in total. The Labute approximate surface area is 279 Å². The fourth-order valence-electron chi connectivity index (χ4n) is 7.67. The Hall–Kier alpha value is -6.72. The lowest BCUT2D eigenvalue weighted by Gasteiger charge is -2.12. The van der Waals surface area contributed by atoms with E-state index in [4.69, 9.17) is 18.8 Å². The van der Waals surface area contributed by atoms with Crippen LogP contribution in [0.5, 0.6) is 0 Å². The molecule has 0 N–H and O–H groups in total. The summed E-state index contributed by atoms with van der Waals surface area (Å²) in [5.41, 5.74) is 10.5. The number of hydrogen-bond donors (Lipinski definition) is 0. The van der Waals surface area contributed by atoms with Crippen molar-refractivity contribution in [2.75, 3.05) is 0 Å². The fourth-order valence-corrected chi connectivity index (χ4v) is 7.67. The molecule has 228 valence electrons. The third kappa shape index (κ3) is 3.75. The Bertz CT molecular complexity index is 3130. The zero-order chi connectivity index (χ0) is 32.1. The van der Waals surface area contributed by atoms with Gasteiger partial charge in [0.25, 0.3) is 0 Å². The number of rotatable bonds is 3. The summed E-state index contributed by atoms with van der Waals surface area (Å²) in [7, 11) is 0. The van der Waals surface area contributed by atoms with E-state index in [1.807, 2.05) is 48.5 Å². The topological polar surface area (TPSA) is 57.0 Å². The van der Waals surface area contributed by atoms with Gasteiger partial charge < -0.3 is 8.83 Å². The van der Waals surface area contributed by atoms with Gasteiger partial charge in [0.15, 0.2) is 0 Å². The van der Waals surface area contributed by atoms with Gasteiger partial charge in [-0.1, -0.05) is 109 Å². The largest absolute Gasteiger partial charge is 0.456 e. The van der Waals surface area contributed by atoms with Gasteiger partial charge in [0.05, 0.1) is 22.2 Å². The van der Waals surface area contributed by atoms with E-state index in [1.54, 1.807) is 0 Å². The van der Waals surface area contributed by atoms with Crippen LogP contribution in [-0.4, -0.2) is 14.5 Å². The lowest BCUT2D eigenvalue weighted by atomic mass is 10.0. The van der Waals surface area contributed by atoms with Gasteiger partial charge in [-0.25, -0.2) is 9.97 Å². The molecule has 0 bridgehead atoms. The molecular formula is C44H25N3O2. The molecule has 0 aliphatic carbocycles. The first-order valence-corrected chi connectivity index (χ1v) is 16.4. The van der Waals surface area contributed by atoms with Crippen molar-refractivity contribution in [2.45, 2.75) is 0 Å². The highest BCUT2D eigenvalue weighted by Gasteiger charge is 2.21. The van der Waals surface area contributed by atoms with Crippen LogP contribution in [0.4, 0.5) is 0 Å². The number of furan rings is 2. The minimum absolute atomic E-state index is 0.622. The van der Waals surface area contributed by atoms with Gasteiger partial charge in [-0.3, -0.25) is 4.57 Å². The second-order valence-corrected chi connectivity index (χ2v) is 12.5. The molecule has 0 atom stereocenters. The standard InChI is InChI=1S/C44H25N3O2/c1-5-18-35-31(13-1)42(33-17-10-22-40-41(33)32-14-4-8-21-39(32)48-40)46-44(45-35)47-36-19-6-2-11-28(36)34-25-26(23-24-37(34)47)27-15-9-16-30-29-12-3-7-20-38(29)49-43(27)30/h1-25H. The predicted octanol–water partition coefficient (Wildman–Crippen LogP) is 11.9. The number of benzene rings is 7. The normalized spacial score (nSPS) is 12.1. The highest BCUT2D eigenvalue weighted by atomic mass is 16.3. The summed E-state index contributed by atoms with van der Waals surface area (Å²) >= 11 is 0. The number of fused-ring (bicyclic) bond motifs is 10. The summed E-state index contributed by atoms with van der Waals surface area (Å²) in [6.45, 7) is 0. The zero-order valence-electron chi connectivity index (χ0n) is 26.1. The van der Waals surface area contributed by atoms with Crippen molar-refractivity contribution < 1.29 is 8.83 Å². The minimum atomic E-state index is 0.622. The molecule has 0 amide bonds. The van der Waals surface area contributed by atoms with Crippen LogP contribution in [0, 0.1) is 0 Å². The third-order valence-corrected chi connectivity index (χ3v) is 9.84. The van der Waals surface area contributed by atoms with Crippen LogP contribution in [0.3, 0.4) is 0 Å². The van der Waals surface area contributed by atoms with E-state index in [2.05, 4.69) is 108 Å². The van der Waals surface area contributed by atoms with E-state index in [-0.39, 0.29) is 0 Å². The van der Waals surface area contributed by atoms with E-state index in [0.717, 1.165) is 99.0 Å². The molecule has 0 saturated heterocycles. The van der Waals surface area contributed by atoms with E-state index < -0.39 is 0 Å². The molecule has 0 spiro atoms. The quantitative estimate of drug-likeness (QED) is 0.196. The fraction of sp³-hybridized carbons (Fsp3) is 0. The van der Waals surface area contributed by atoms with Gasteiger partial charge in [-0.2, -0.15) is 0 Å². The Balaban J connectivity index is 1.18. The highest BCUT2D eigenvalue weighted by molar-refractivity contribution is 6.15. The van der Waals surface area contributed by atoms with Crippen LogP contribution in [-0.2, 0) is 0 Å². The van der Waals surface area contributed by atoms with Crippen molar-refractivity contribution in [3.05, 3.63) is 152 Å². The third-order valence-electron chi connectivity index (χ3n) is 9.84. The number of aromatic nitrogens is 3. The molecule has 0 aliphatic rings. The first kappa shape index (κ1) is 26.4. The molecule has 11 aromatic rings. The lowest BCUT2D eigenvalue weighted by Crippen LogP contribution is -2.03. The molecule has 0 unspecified atom stereocenters. The van der Waals surface area contributed by atoms with Gasteiger partial charge in [0.1, 0.15) is 22.3 Å². The van der Waals surface area contributed by atoms with Gasteiger partial charge in [0, 0.05) is 48.8 Å². The maximum absolute atomic E-state index is 6.43. The van der Waals surface area contributed by atoms with Crippen LogP contribution >= 0.6 is 0 Å². The van der Waals surface area contributed by atoms with Crippen LogP contribution in [0.1, 0.15) is 0 Å². The highest BCUT2D eigenvalue weighted by Crippen LogP contribution is 2.41. The molecule has 7 aromatic carbocycles. The molecule has 0 aliphatic heterocycles. The van der Waals surface area contributed by atoms with Crippen LogP contribution < -0.4 is 0 Å². The minimum Gasteiger partial charge on any atom is -0.456 e. The monoisotopic (exact) mass is 627 g/mol. The Morgan fingerprint density at radius 3 is 1.98 bits per heavy atom. The second-order valence-electron chi connectivity index (χ2n) is 12.5. The van der Waals surface area contributed by atoms with Gasteiger partial charge in [0.2, 0.25) is 5.95 Å². The molecule has 49 heavy (non-hydrogen) atoms. The van der Waals surface area contributed by atoms with Crippen molar-refractivity contribution in [1.29, 1.82) is 0 Å². The van der Waals surface area contributed by atoms with Gasteiger partial charge in [-0.15, -0.1) is 0 Å². The van der Waals surface area contributed by atoms with Crippen molar-refractivity contribution in [1.82, 2.24) is 14.5 Å².